The molecule has 4 nitrogen and oxygen atoms in total. The summed E-state index contributed by atoms with van der Waals surface area (Å²) in [5, 5.41) is 4.08. The maximum Gasteiger partial charge on any atom is 0.271 e. The average Bonchev–Trinajstić information content (AvgIpc) is 2.46. The highest BCUT2D eigenvalue weighted by molar-refractivity contribution is 5.95. The zero-order valence-corrected chi connectivity index (χ0v) is 11.5. The van der Waals surface area contributed by atoms with Crippen LogP contribution in [-0.2, 0) is 0 Å². The van der Waals surface area contributed by atoms with E-state index in [2.05, 4.69) is 17.1 Å². The van der Waals surface area contributed by atoms with Crippen LogP contribution in [-0.4, -0.2) is 18.2 Å². The number of nitrogens with zero attached hydrogens (tertiary/aromatic N) is 1. The molecule has 0 saturated heterocycles. The van der Waals surface area contributed by atoms with E-state index in [0.29, 0.717) is 17.9 Å². The van der Waals surface area contributed by atoms with Crippen LogP contribution in [0.15, 0.2) is 42.0 Å². The summed E-state index contributed by atoms with van der Waals surface area (Å²) in [5.41, 5.74) is 4.08. The lowest BCUT2D eigenvalue weighted by Crippen LogP contribution is -2.19. The number of hydrazone groups is 1. The first-order valence-corrected chi connectivity index (χ1v) is 6.40. The van der Waals surface area contributed by atoms with Gasteiger partial charge < -0.3 is 4.74 Å². The monoisotopic (exact) mass is 260 g/mol. The Balaban J connectivity index is 2.62. The Hall–Kier alpha value is -2.10. The molecular weight excluding hydrogens is 240 g/mol. The molecule has 0 aliphatic heterocycles. The van der Waals surface area contributed by atoms with E-state index in [0.717, 1.165) is 18.6 Å². The number of carbonyl (C=O) groups excluding carboxylic acids is 1. The molecule has 1 N–H and O–H groups in total. The number of ether oxygens (including phenoxy) is 1. The van der Waals surface area contributed by atoms with Crippen molar-refractivity contribution in [2.75, 3.05) is 6.61 Å². The number of amides is 1. The van der Waals surface area contributed by atoms with Gasteiger partial charge in [-0.15, -0.1) is 0 Å². The van der Waals surface area contributed by atoms with Gasteiger partial charge in [0.2, 0.25) is 0 Å². The molecule has 0 atom stereocenters. The summed E-state index contributed by atoms with van der Waals surface area (Å²) in [4.78, 5) is 11.8. The third-order valence-electron chi connectivity index (χ3n) is 2.62. The van der Waals surface area contributed by atoms with Crippen molar-refractivity contribution in [3.05, 3.63) is 42.5 Å². The molecule has 0 saturated carbocycles. The van der Waals surface area contributed by atoms with Gasteiger partial charge in [-0.25, -0.2) is 5.43 Å². The van der Waals surface area contributed by atoms with E-state index in [1.807, 2.05) is 13.8 Å². The van der Waals surface area contributed by atoms with Crippen molar-refractivity contribution in [1.29, 1.82) is 0 Å². The molecule has 0 aliphatic carbocycles. The van der Waals surface area contributed by atoms with E-state index in [4.69, 9.17) is 4.74 Å². The van der Waals surface area contributed by atoms with Crippen LogP contribution in [0.25, 0.3) is 0 Å². The molecule has 0 aromatic heterocycles. The van der Waals surface area contributed by atoms with Crippen LogP contribution in [0.5, 0.6) is 5.75 Å². The van der Waals surface area contributed by atoms with E-state index in [1.54, 1.807) is 30.3 Å². The van der Waals surface area contributed by atoms with Crippen LogP contribution < -0.4 is 10.2 Å². The Morgan fingerprint density at radius 1 is 1.32 bits per heavy atom. The molecule has 1 aromatic rings. The summed E-state index contributed by atoms with van der Waals surface area (Å²) < 4.78 is 5.35. The highest BCUT2D eigenvalue weighted by Gasteiger charge is 2.04. The lowest BCUT2D eigenvalue weighted by Gasteiger charge is -2.05. The predicted octanol–water partition coefficient (Wildman–Crippen LogP) is 3.16. The molecule has 0 spiro atoms. The van der Waals surface area contributed by atoms with Crippen LogP contribution in [0.2, 0.25) is 0 Å². The first kappa shape index (κ1) is 15.0. The Morgan fingerprint density at radius 2 is 1.95 bits per heavy atom. The Morgan fingerprint density at radius 3 is 2.47 bits per heavy atom. The van der Waals surface area contributed by atoms with Crippen molar-refractivity contribution in [1.82, 2.24) is 5.43 Å². The summed E-state index contributed by atoms with van der Waals surface area (Å²) in [6, 6.07) is 6.92. The third-order valence-corrected chi connectivity index (χ3v) is 2.62. The fraction of sp³-hybridized carbons (Fsp3) is 0.333. The number of carbonyl (C=O) groups is 1. The minimum absolute atomic E-state index is 0.213. The van der Waals surface area contributed by atoms with Crippen molar-refractivity contribution in [2.45, 2.75) is 26.7 Å². The topological polar surface area (TPSA) is 50.7 Å². The first-order chi connectivity index (χ1) is 9.21. The maximum atomic E-state index is 11.8. The van der Waals surface area contributed by atoms with Crippen LogP contribution >= 0.6 is 0 Å². The summed E-state index contributed by atoms with van der Waals surface area (Å²) in [5.74, 6) is 0.498. The molecule has 1 aromatic carbocycles. The molecule has 0 heterocycles. The van der Waals surface area contributed by atoms with Crippen molar-refractivity contribution in [2.24, 2.45) is 5.10 Å². The van der Waals surface area contributed by atoms with Crippen LogP contribution in [0, 0.1) is 0 Å². The van der Waals surface area contributed by atoms with E-state index in [1.165, 1.54) is 0 Å². The SMILES string of the molecule is C=CCOc1ccc(C(=O)NN=C(CC)CC)cc1. The molecule has 1 amide bonds. The van der Waals surface area contributed by atoms with Gasteiger partial charge >= 0.3 is 0 Å². The Bertz CT molecular complexity index is 444. The smallest absolute Gasteiger partial charge is 0.271 e. The lowest BCUT2D eigenvalue weighted by atomic mass is 10.2. The highest BCUT2D eigenvalue weighted by atomic mass is 16.5. The minimum Gasteiger partial charge on any atom is -0.490 e. The second-order valence-electron chi connectivity index (χ2n) is 3.95. The van der Waals surface area contributed by atoms with Gasteiger partial charge in [-0.1, -0.05) is 26.5 Å². The molecule has 0 radical (unpaired) electrons. The van der Waals surface area contributed by atoms with Gasteiger partial charge in [-0.2, -0.15) is 5.10 Å². The summed E-state index contributed by atoms with van der Waals surface area (Å²) in [6.07, 6.45) is 3.35. The summed E-state index contributed by atoms with van der Waals surface area (Å²) in [7, 11) is 0. The van der Waals surface area contributed by atoms with Crippen LogP contribution in [0.4, 0.5) is 0 Å². The third kappa shape index (κ3) is 4.95. The van der Waals surface area contributed by atoms with Crippen molar-refractivity contribution < 1.29 is 9.53 Å². The number of nitrogens with one attached hydrogen (secondary N) is 1. The molecule has 4 heteroatoms. The highest BCUT2D eigenvalue weighted by Crippen LogP contribution is 2.12. The van der Waals surface area contributed by atoms with E-state index >= 15 is 0 Å². The maximum absolute atomic E-state index is 11.8. The number of hydrogen-bond donors (Lipinski definition) is 1. The van der Waals surface area contributed by atoms with Crippen molar-refractivity contribution in [3.63, 3.8) is 0 Å². The minimum atomic E-state index is -0.213. The zero-order valence-electron chi connectivity index (χ0n) is 11.5. The van der Waals surface area contributed by atoms with E-state index < -0.39 is 0 Å². The van der Waals surface area contributed by atoms with Gasteiger partial charge in [-0.3, -0.25) is 4.79 Å². The lowest BCUT2D eigenvalue weighted by molar-refractivity contribution is 0.0954. The molecule has 0 aliphatic rings. The summed E-state index contributed by atoms with van der Waals surface area (Å²) >= 11 is 0. The molecule has 0 fully saturated rings. The van der Waals surface area contributed by atoms with Crippen molar-refractivity contribution in [3.8, 4) is 5.75 Å². The average molecular weight is 260 g/mol. The summed E-state index contributed by atoms with van der Waals surface area (Å²) in [6.45, 7) is 8.05. The van der Waals surface area contributed by atoms with E-state index in [-0.39, 0.29) is 5.91 Å². The quantitative estimate of drug-likeness (QED) is 0.465. The Labute approximate surface area is 114 Å². The molecule has 0 bridgehead atoms. The van der Waals surface area contributed by atoms with Crippen LogP contribution in [0.1, 0.15) is 37.0 Å². The van der Waals surface area contributed by atoms with Gasteiger partial charge in [0, 0.05) is 11.3 Å². The number of hydrogen-bond acceptors (Lipinski definition) is 3. The second kappa shape index (κ2) is 8.08. The number of rotatable bonds is 7. The Kier molecular flexibility index (Phi) is 6.36. The molecule has 0 unspecified atom stereocenters. The number of benzene rings is 1. The second-order valence-corrected chi connectivity index (χ2v) is 3.95. The van der Waals surface area contributed by atoms with E-state index in [9.17, 15) is 4.79 Å². The van der Waals surface area contributed by atoms with Gasteiger partial charge in [0.25, 0.3) is 5.91 Å². The van der Waals surface area contributed by atoms with Gasteiger partial charge in [-0.05, 0) is 37.1 Å². The molecule has 1 rings (SSSR count). The zero-order chi connectivity index (χ0) is 14.1. The molecule has 102 valence electrons. The molecule has 19 heavy (non-hydrogen) atoms. The first-order valence-electron chi connectivity index (χ1n) is 6.40. The largest absolute Gasteiger partial charge is 0.490 e. The molecular formula is C15H20N2O2. The predicted molar refractivity (Wildman–Crippen MR) is 77.6 cm³/mol. The fourth-order valence-electron chi connectivity index (χ4n) is 1.46. The normalized spacial score (nSPS) is 9.58. The van der Waals surface area contributed by atoms with Crippen molar-refractivity contribution >= 4 is 11.6 Å². The van der Waals surface area contributed by atoms with Crippen LogP contribution in [0.3, 0.4) is 0 Å². The standard InChI is InChI=1S/C15H20N2O2/c1-4-11-19-14-9-7-12(8-10-14)15(18)17-16-13(5-2)6-3/h4,7-10H,1,5-6,11H2,2-3H3,(H,17,18). The van der Waals surface area contributed by atoms with Gasteiger partial charge in [0.1, 0.15) is 12.4 Å². The van der Waals surface area contributed by atoms with Gasteiger partial charge in [0.05, 0.1) is 0 Å². The van der Waals surface area contributed by atoms with Gasteiger partial charge in [0.15, 0.2) is 0 Å². The fourth-order valence-corrected chi connectivity index (χ4v) is 1.46.